The number of benzene rings is 1. The van der Waals surface area contributed by atoms with Crippen molar-refractivity contribution >= 4 is 17.5 Å². The lowest BCUT2D eigenvalue weighted by atomic mass is 10.0. The summed E-state index contributed by atoms with van der Waals surface area (Å²) in [6.07, 6.45) is 3.42. The molecule has 2 aromatic heterocycles. The molecule has 0 aliphatic heterocycles. The third-order valence-corrected chi connectivity index (χ3v) is 4.47. The van der Waals surface area contributed by atoms with Gasteiger partial charge in [-0.05, 0) is 42.7 Å². The van der Waals surface area contributed by atoms with Crippen LogP contribution in [-0.4, -0.2) is 20.7 Å². The van der Waals surface area contributed by atoms with E-state index in [1.165, 1.54) is 0 Å². The summed E-state index contributed by atoms with van der Waals surface area (Å²) in [5.74, 6) is -0.0320. The highest BCUT2D eigenvalue weighted by Crippen LogP contribution is 2.29. The third-order valence-electron chi connectivity index (χ3n) is 4.15. The molecule has 26 heavy (non-hydrogen) atoms. The minimum Gasteiger partial charge on any atom is -0.348 e. The van der Waals surface area contributed by atoms with Crippen molar-refractivity contribution in [3.8, 4) is 5.69 Å². The van der Waals surface area contributed by atoms with Crippen molar-refractivity contribution < 1.29 is 4.79 Å². The number of hydrogen-bond donors (Lipinski definition) is 1. The van der Waals surface area contributed by atoms with Gasteiger partial charge in [0.25, 0.3) is 5.91 Å². The van der Waals surface area contributed by atoms with Crippen LogP contribution in [0.1, 0.15) is 47.1 Å². The van der Waals surface area contributed by atoms with Crippen LogP contribution in [0.5, 0.6) is 0 Å². The molecule has 0 aliphatic carbocycles. The van der Waals surface area contributed by atoms with Gasteiger partial charge in [-0.25, -0.2) is 4.68 Å². The van der Waals surface area contributed by atoms with Gasteiger partial charge in [0, 0.05) is 18.9 Å². The van der Waals surface area contributed by atoms with Gasteiger partial charge in [0.1, 0.15) is 0 Å². The molecule has 0 atom stereocenters. The molecule has 3 aromatic rings. The van der Waals surface area contributed by atoms with Crippen LogP contribution in [-0.2, 0) is 6.54 Å². The number of rotatable bonds is 5. The van der Waals surface area contributed by atoms with E-state index in [4.69, 9.17) is 11.6 Å². The van der Waals surface area contributed by atoms with E-state index >= 15 is 0 Å². The van der Waals surface area contributed by atoms with E-state index in [9.17, 15) is 4.79 Å². The molecule has 0 radical (unpaired) electrons. The average molecular weight is 369 g/mol. The molecule has 0 aliphatic rings. The summed E-state index contributed by atoms with van der Waals surface area (Å²) < 4.78 is 1.78. The highest BCUT2D eigenvalue weighted by atomic mass is 35.5. The molecule has 0 saturated heterocycles. The summed E-state index contributed by atoms with van der Waals surface area (Å²) in [5, 5.41) is 8.18. The molecule has 1 N–H and O–H groups in total. The standard InChI is InChI=1S/C20H21ClN4O/c1-13(2)19-18(20(26)23-12-15-8-10-22-11-9-15)14(3)24-25(19)17-7-5-4-6-16(17)21/h4-11,13H,12H2,1-3H3,(H,23,26). The molecule has 1 aromatic carbocycles. The van der Waals surface area contributed by atoms with Crippen LogP contribution in [0.3, 0.4) is 0 Å². The minimum atomic E-state index is -0.138. The fraction of sp³-hybridized carbons (Fsp3) is 0.250. The van der Waals surface area contributed by atoms with Crippen molar-refractivity contribution in [3.05, 3.63) is 76.3 Å². The fourth-order valence-electron chi connectivity index (χ4n) is 2.94. The number of carbonyl (C=O) groups excluding carboxylic acids is 1. The van der Waals surface area contributed by atoms with Gasteiger partial charge in [-0.3, -0.25) is 9.78 Å². The van der Waals surface area contributed by atoms with E-state index in [0.717, 1.165) is 16.9 Å². The smallest absolute Gasteiger partial charge is 0.255 e. The van der Waals surface area contributed by atoms with Crippen LogP contribution in [0.2, 0.25) is 5.02 Å². The van der Waals surface area contributed by atoms with Crippen molar-refractivity contribution in [2.45, 2.75) is 33.2 Å². The second-order valence-electron chi connectivity index (χ2n) is 6.40. The predicted octanol–water partition coefficient (Wildman–Crippen LogP) is 4.28. The lowest BCUT2D eigenvalue weighted by Crippen LogP contribution is -2.25. The van der Waals surface area contributed by atoms with Gasteiger partial charge in [-0.15, -0.1) is 0 Å². The largest absolute Gasteiger partial charge is 0.348 e. The number of nitrogens with zero attached hydrogens (tertiary/aromatic N) is 3. The first kappa shape index (κ1) is 18.1. The summed E-state index contributed by atoms with van der Waals surface area (Å²) in [6.45, 7) is 6.38. The molecular formula is C20H21ClN4O. The number of para-hydroxylation sites is 1. The Bertz CT molecular complexity index is 919. The lowest BCUT2D eigenvalue weighted by molar-refractivity contribution is 0.0949. The van der Waals surface area contributed by atoms with Crippen LogP contribution < -0.4 is 5.32 Å². The summed E-state index contributed by atoms with van der Waals surface area (Å²) >= 11 is 6.35. The zero-order valence-electron chi connectivity index (χ0n) is 15.0. The molecule has 5 nitrogen and oxygen atoms in total. The van der Waals surface area contributed by atoms with E-state index in [-0.39, 0.29) is 11.8 Å². The first-order valence-corrected chi connectivity index (χ1v) is 8.88. The molecule has 6 heteroatoms. The zero-order chi connectivity index (χ0) is 18.7. The van der Waals surface area contributed by atoms with Gasteiger partial charge in [0.05, 0.1) is 27.7 Å². The Kier molecular flexibility index (Phi) is 5.38. The predicted molar refractivity (Wildman–Crippen MR) is 103 cm³/mol. The number of aryl methyl sites for hydroxylation is 1. The van der Waals surface area contributed by atoms with Gasteiger partial charge in [0.2, 0.25) is 0 Å². The van der Waals surface area contributed by atoms with Gasteiger partial charge in [-0.2, -0.15) is 5.10 Å². The maximum Gasteiger partial charge on any atom is 0.255 e. The number of halogens is 1. The second-order valence-corrected chi connectivity index (χ2v) is 6.81. The minimum absolute atomic E-state index is 0.106. The van der Waals surface area contributed by atoms with Crippen molar-refractivity contribution in [3.63, 3.8) is 0 Å². The van der Waals surface area contributed by atoms with Crippen LogP contribution in [0, 0.1) is 6.92 Å². The summed E-state index contributed by atoms with van der Waals surface area (Å²) in [5.41, 5.74) is 3.90. The first-order chi connectivity index (χ1) is 12.5. The molecule has 0 unspecified atom stereocenters. The summed E-state index contributed by atoms with van der Waals surface area (Å²) in [6, 6.07) is 11.3. The SMILES string of the molecule is Cc1nn(-c2ccccc2Cl)c(C(C)C)c1C(=O)NCc1ccncc1. The van der Waals surface area contributed by atoms with E-state index in [0.29, 0.717) is 22.8 Å². The first-order valence-electron chi connectivity index (χ1n) is 8.50. The molecule has 1 amide bonds. The maximum absolute atomic E-state index is 12.9. The van der Waals surface area contributed by atoms with Crippen molar-refractivity contribution in [1.82, 2.24) is 20.1 Å². The Balaban J connectivity index is 1.97. The van der Waals surface area contributed by atoms with Crippen LogP contribution >= 0.6 is 11.6 Å². The Morgan fingerprint density at radius 2 is 1.88 bits per heavy atom. The number of nitrogens with one attached hydrogen (secondary N) is 1. The van der Waals surface area contributed by atoms with Gasteiger partial charge < -0.3 is 5.32 Å². The topological polar surface area (TPSA) is 59.8 Å². The highest BCUT2D eigenvalue weighted by molar-refractivity contribution is 6.32. The van der Waals surface area contributed by atoms with Gasteiger partial charge in [-0.1, -0.05) is 37.6 Å². The molecule has 0 bridgehead atoms. The van der Waals surface area contributed by atoms with Gasteiger partial charge >= 0.3 is 0 Å². The zero-order valence-corrected chi connectivity index (χ0v) is 15.8. The van der Waals surface area contributed by atoms with Crippen LogP contribution in [0.4, 0.5) is 0 Å². The van der Waals surface area contributed by atoms with Crippen molar-refractivity contribution in [2.75, 3.05) is 0 Å². The normalized spacial score (nSPS) is 11.0. The molecule has 2 heterocycles. The van der Waals surface area contributed by atoms with Crippen molar-refractivity contribution in [1.29, 1.82) is 0 Å². The number of amides is 1. The Labute approximate surface area is 158 Å². The average Bonchev–Trinajstić information content (AvgIpc) is 2.98. The number of hydrogen-bond acceptors (Lipinski definition) is 3. The molecule has 3 rings (SSSR count). The Morgan fingerprint density at radius 3 is 2.54 bits per heavy atom. The monoisotopic (exact) mass is 368 g/mol. The summed E-state index contributed by atoms with van der Waals surface area (Å²) in [4.78, 5) is 16.9. The van der Waals surface area contributed by atoms with E-state index in [1.807, 2.05) is 57.2 Å². The van der Waals surface area contributed by atoms with Crippen LogP contribution in [0.25, 0.3) is 5.69 Å². The third kappa shape index (κ3) is 3.63. The van der Waals surface area contributed by atoms with Crippen molar-refractivity contribution in [2.24, 2.45) is 0 Å². The van der Waals surface area contributed by atoms with E-state index < -0.39 is 0 Å². The number of carbonyl (C=O) groups is 1. The Hall–Kier alpha value is -2.66. The van der Waals surface area contributed by atoms with E-state index in [1.54, 1.807) is 17.1 Å². The highest BCUT2D eigenvalue weighted by Gasteiger charge is 2.24. The molecule has 134 valence electrons. The van der Waals surface area contributed by atoms with Gasteiger partial charge in [0.15, 0.2) is 0 Å². The quantitative estimate of drug-likeness (QED) is 0.731. The Morgan fingerprint density at radius 1 is 1.19 bits per heavy atom. The van der Waals surface area contributed by atoms with E-state index in [2.05, 4.69) is 15.4 Å². The molecule has 0 saturated carbocycles. The second kappa shape index (κ2) is 7.70. The maximum atomic E-state index is 12.9. The number of aromatic nitrogens is 3. The number of pyridine rings is 1. The molecule has 0 fully saturated rings. The van der Waals surface area contributed by atoms with Crippen LogP contribution in [0.15, 0.2) is 48.8 Å². The molecular weight excluding hydrogens is 348 g/mol. The molecule has 0 spiro atoms. The fourth-order valence-corrected chi connectivity index (χ4v) is 3.15. The lowest BCUT2D eigenvalue weighted by Gasteiger charge is -2.14. The summed E-state index contributed by atoms with van der Waals surface area (Å²) in [7, 11) is 0.